The molecule has 0 bridgehead atoms. The van der Waals surface area contributed by atoms with Gasteiger partial charge in [-0.05, 0) is 25.0 Å². The first-order valence-corrected chi connectivity index (χ1v) is 5.56. The van der Waals surface area contributed by atoms with Crippen LogP contribution in [0.25, 0.3) is 0 Å². The van der Waals surface area contributed by atoms with Crippen LogP contribution in [0.15, 0.2) is 18.2 Å². The zero-order chi connectivity index (χ0) is 13.3. The van der Waals surface area contributed by atoms with Gasteiger partial charge in [-0.2, -0.15) is 0 Å². The van der Waals surface area contributed by atoms with Crippen LogP contribution in [-0.2, 0) is 16.0 Å². The molecule has 0 atom stereocenters. The Balaban J connectivity index is 2.41. The van der Waals surface area contributed by atoms with Gasteiger partial charge in [0.2, 0.25) is 5.91 Å². The van der Waals surface area contributed by atoms with E-state index in [1.165, 1.54) is 30.0 Å². The Morgan fingerprint density at radius 3 is 2.78 bits per heavy atom. The van der Waals surface area contributed by atoms with Gasteiger partial charge in [-0.3, -0.25) is 19.7 Å². The predicted molar refractivity (Wildman–Crippen MR) is 64.5 cm³/mol. The van der Waals surface area contributed by atoms with Gasteiger partial charge in [0.1, 0.15) is 5.78 Å². The summed E-state index contributed by atoms with van der Waals surface area (Å²) in [5.41, 5.74) is 1.35. The number of nitro benzene ring substituents is 1. The fourth-order valence-electron chi connectivity index (χ4n) is 2.06. The van der Waals surface area contributed by atoms with Crippen molar-refractivity contribution in [3.63, 3.8) is 0 Å². The zero-order valence-electron chi connectivity index (χ0n) is 9.88. The largest absolute Gasteiger partial charge is 0.305 e. The Bertz CT molecular complexity index is 539. The molecule has 6 nitrogen and oxygen atoms in total. The molecular weight excluding hydrogens is 236 g/mol. The van der Waals surface area contributed by atoms with Crippen LogP contribution in [-0.4, -0.2) is 23.2 Å². The number of fused-ring (bicyclic) bond motifs is 1. The Morgan fingerprint density at radius 1 is 1.44 bits per heavy atom. The molecule has 0 aromatic heterocycles. The average Bonchev–Trinajstić information content (AvgIpc) is 2.31. The van der Waals surface area contributed by atoms with Gasteiger partial charge in [0.05, 0.1) is 11.5 Å². The van der Waals surface area contributed by atoms with Crippen molar-refractivity contribution in [3.8, 4) is 0 Å². The number of carbonyl (C=O) groups is 2. The first-order valence-electron chi connectivity index (χ1n) is 5.56. The maximum atomic E-state index is 11.8. The number of hydrogen-bond donors (Lipinski definition) is 0. The maximum Gasteiger partial charge on any atom is 0.269 e. The van der Waals surface area contributed by atoms with Crippen LogP contribution in [0, 0.1) is 10.1 Å². The molecule has 0 N–H and O–H groups in total. The second kappa shape index (κ2) is 4.56. The predicted octanol–water partition coefficient (Wildman–Crippen LogP) is 1.46. The molecule has 94 valence electrons. The van der Waals surface area contributed by atoms with Crippen LogP contribution in [0.5, 0.6) is 0 Å². The van der Waals surface area contributed by atoms with E-state index in [1.807, 2.05) is 0 Å². The molecule has 1 aromatic rings. The van der Waals surface area contributed by atoms with E-state index in [4.69, 9.17) is 0 Å². The number of benzene rings is 1. The molecule has 0 aliphatic carbocycles. The van der Waals surface area contributed by atoms with Crippen LogP contribution in [0.2, 0.25) is 0 Å². The fourth-order valence-corrected chi connectivity index (χ4v) is 2.06. The Labute approximate surface area is 103 Å². The minimum Gasteiger partial charge on any atom is -0.305 e. The summed E-state index contributed by atoms with van der Waals surface area (Å²) in [5, 5.41) is 10.7. The quantitative estimate of drug-likeness (QED) is 0.599. The summed E-state index contributed by atoms with van der Waals surface area (Å²) in [6.45, 7) is 1.43. The highest BCUT2D eigenvalue weighted by atomic mass is 16.6. The van der Waals surface area contributed by atoms with Crippen molar-refractivity contribution < 1.29 is 14.5 Å². The Hall–Kier alpha value is -2.24. The summed E-state index contributed by atoms with van der Waals surface area (Å²) >= 11 is 0. The summed E-state index contributed by atoms with van der Waals surface area (Å²) < 4.78 is 0. The molecular formula is C12H12N2O4. The standard InChI is InChI=1S/C12H12N2O4/c1-8(15)7-13-11-4-3-10(14(17)18)6-9(11)2-5-12(13)16/h3-4,6H,2,5,7H2,1H3. The van der Waals surface area contributed by atoms with Crippen LogP contribution < -0.4 is 4.90 Å². The molecule has 0 saturated carbocycles. The molecule has 1 aromatic carbocycles. The number of aryl methyl sites for hydroxylation is 1. The molecule has 1 aliphatic rings. The lowest BCUT2D eigenvalue weighted by molar-refractivity contribution is -0.384. The van der Waals surface area contributed by atoms with Crippen LogP contribution >= 0.6 is 0 Å². The number of nitro groups is 1. The van der Waals surface area contributed by atoms with Gasteiger partial charge in [0.25, 0.3) is 5.69 Å². The van der Waals surface area contributed by atoms with E-state index in [0.717, 1.165) is 5.56 Å². The highest BCUT2D eigenvalue weighted by Crippen LogP contribution is 2.30. The lowest BCUT2D eigenvalue weighted by Gasteiger charge is -2.28. The van der Waals surface area contributed by atoms with Crippen LogP contribution in [0.3, 0.4) is 0 Å². The highest BCUT2D eigenvalue weighted by molar-refractivity contribution is 6.01. The fraction of sp³-hybridized carbons (Fsp3) is 0.333. The highest BCUT2D eigenvalue weighted by Gasteiger charge is 2.26. The molecule has 1 heterocycles. The molecule has 18 heavy (non-hydrogen) atoms. The monoisotopic (exact) mass is 248 g/mol. The van der Waals surface area contributed by atoms with Gasteiger partial charge in [-0.15, -0.1) is 0 Å². The minimum absolute atomic E-state index is 0.00544. The first kappa shape index (κ1) is 12.2. The van der Waals surface area contributed by atoms with Gasteiger partial charge in [0, 0.05) is 24.2 Å². The van der Waals surface area contributed by atoms with Gasteiger partial charge in [-0.1, -0.05) is 0 Å². The summed E-state index contributed by atoms with van der Waals surface area (Å²) in [5.74, 6) is -0.235. The smallest absolute Gasteiger partial charge is 0.269 e. The van der Waals surface area contributed by atoms with Crippen molar-refractivity contribution in [3.05, 3.63) is 33.9 Å². The number of non-ortho nitro benzene ring substituents is 1. The molecule has 0 saturated heterocycles. The third kappa shape index (κ3) is 2.22. The van der Waals surface area contributed by atoms with Crippen LogP contribution in [0.4, 0.5) is 11.4 Å². The van der Waals surface area contributed by atoms with Crippen molar-refractivity contribution >= 4 is 23.1 Å². The summed E-state index contributed by atoms with van der Waals surface area (Å²) in [7, 11) is 0. The first-order chi connectivity index (χ1) is 8.49. The number of ketones is 1. The van der Waals surface area contributed by atoms with Gasteiger partial charge in [0.15, 0.2) is 0 Å². The minimum atomic E-state index is -0.466. The zero-order valence-corrected chi connectivity index (χ0v) is 9.88. The molecule has 1 amide bonds. The van der Waals surface area contributed by atoms with E-state index < -0.39 is 4.92 Å². The maximum absolute atomic E-state index is 11.8. The van der Waals surface area contributed by atoms with Gasteiger partial charge >= 0.3 is 0 Å². The molecule has 6 heteroatoms. The van der Waals surface area contributed by atoms with Gasteiger partial charge in [-0.25, -0.2) is 0 Å². The molecule has 0 radical (unpaired) electrons. The number of hydrogen-bond acceptors (Lipinski definition) is 4. The lowest BCUT2D eigenvalue weighted by Crippen LogP contribution is -2.38. The second-order valence-electron chi connectivity index (χ2n) is 4.25. The molecule has 2 rings (SSSR count). The third-order valence-corrected chi connectivity index (χ3v) is 2.85. The molecule has 0 fully saturated rings. The number of carbonyl (C=O) groups excluding carboxylic acids is 2. The average molecular weight is 248 g/mol. The second-order valence-corrected chi connectivity index (χ2v) is 4.25. The summed E-state index contributed by atoms with van der Waals surface area (Å²) in [6.07, 6.45) is 0.756. The lowest BCUT2D eigenvalue weighted by atomic mass is 10.0. The van der Waals surface area contributed by atoms with Gasteiger partial charge < -0.3 is 4.90 Å². The normalized spacial score (nSPS) is 14.3. The SMILES string of the molecule is CC(=O)CN1C(=O)CCc2cc([N+](=O)[O-])ccc21. The molecule has 0 unspecified atom stereocenters. The number of amides is 1. The molecule has 0 spiro atoms. The number of rotatable bonds is 3. The van der Waals surface area contributed by atoms with E-state index in [-0.39, 0.29) is 30.3 Å². The summed E-state index contributed by atoms with van der Waals surface area (Å²) in [4.78, 5) is 34.5. The van der Waals surface area contributed by atoms with E-state index in [9.17, 15) is 19.7 Å². The number of nitrogens with zero attached hydrogens (tertiary/aromatic N) is 2. The van der Waals surface area contributed by atoms with Crippen molar-refractivity contribution in [2.24, 2.45) is 0 Å². The summed E-state index contributed by atoms with van der Waals surface area (Å²) in [6, 6.07) is 4.35. The van der Waals surface area contributed by atoms with Crippen molar-refractivity contribution in [1.82, 2.24) is 0 Å². The molecule has 1 aliphatic heterocycles. The number of anilines is 1. The van der Waals surface area contributed by atoms with Crippen molar-refractivity contribution in [2.75, 3.05) is 11.4 Å². The third-order valence-electron chi connectivity index (χ3n) is 2.85. The Kier molecular flexibility index (Phi) is 3.10. The van der Waals surface area contributed by atoms with Crippen LogP contribution in [0.1, 0.15) is 18.9 Å². The topological polar surface area (TPSA) is 80.5 Å². The van der Waals surface area contributed by atoms with E-state index >= 15 is 0 Å². The van der Waals surface area contributed by atoms with E-state index in [2.05, 4.69) is 0 Å². The van der Waals surface area contributed by atoms with Crippen molar-refractivity contribution in [1.29, 1.82) is 0 Å². The van der Waals surface area contributed by atoms with E-state index in [0.29, 0.717) is 12.1 Å². The number of Topliss-reactive ketones (excluding diaryl/α,β-unsaturated/α-hetero) is 1. The van der Waals surface area contributed by atoms with Crippen molar-refractivity contribution in [2.45, 2.75) is 19.8 Å². The van der Waals surface area contributed by atoms with E-state index in [1.54, 1.807) is 0 Å². The Morgan fingerprint density at radius 2 is 2.17 bits per heavy atom.